The normalized spacial score (nSPS) is 10.6. The van der Waals surface area contributed by atoms with Crippen molar-refractivity contribution >= 4 is 17.4 Å². The molecule has 1 N–H and O–H groups in total. The van der Waals surface area contributed by atoms with Crippen molar-refractivity contribution in [1.82, 2.24) is 4.98 Å². The lowest BCUT2D eigenvalue weighted by Gasteiger charge is -2.17. The van der Waals surface area contributed by atoms with Gasteiger partial charge >= 0.3 is 0 Å². The van der Waals surface area contributed by atoms with Crippen molar-refractivity contribution in [1.29, 1.82) is 0 Å². The van der Waals surface area contributed by atoms with Crippen molar-refractivity contribution in [2.45, 2.75) is 31.4 Å². The maximum absolute atomic E-state index is 5.75. The zero-order valence-electron chi connectivity index (χ0n) is 14.8. The Bertz CT molecular complexity index is 677. The van der Waals surface area contributed by atoms with E-state index in [0.717, 1.165) is 27.6 Å². The van der Waals surface area contributed by atoms with Gasteiger partial charge in [0.2, 0.25) is 5.88 Å². The number of benzene rings is 1. The zero-order chi connectivity index (χ0) is 17.5. The lowest BCUT2D eigenvalue weighted by Crippen LogP contribution is -2.10. The molecular weight excluding hydrogens is 324 g/mol. The SMILES string of the molecule is COc1cc(CNc2cccnc2OC(C)C)c(SC)cc1OC. The van der Waals surface area contributed by atoms with Gasteiger partial charge in [-0.15, -0.1) is 11.8 Å². The van der Waals surface area contributed by atoms with Crippen molar-refractivity contribution in [2.75, 3.05) is 25.8 Å². The summed E-state index contributed by atoms with van der Waals surface area (Å²) in [6.45, 7) is 4.61. The highest BCUT2D eigenvalue weighted by atomic mass is 32.2. The Morgan fingerprint density at radius 1 is 1.17 bits per heavy atom. The van der Waals surface area contributed by atoms with Crippen LogP contribution in [0.1, 0.15) is 19.4 Å². The molecule has 0 radical (unpaired) electrons. The van der Waals surface area contributed by atoms with Crippen LogP contribution in [-0.4, -0.2) is 31.6 Å². The van der Waals surface area contributed by atoms with Crippen LogP contribution in [0.15, 0.2) is 35.4 Å². The third-order valence-corrected chi connectivity index (χ3v) is 4.19. The van der Waals surface area contributed by atoms with Crippen molar-refractivity contribution < 1.29 is 14.2 Å². The van der Waals surface area contributed by atoms with Gasteiger partial charge in [-0.05, 0) is 49.9 Å². The molecule has 0 spiro atoms. The quantitative estimate of drug-likeness (QED) is 0.721. The van der Waals surface area contributed by atoms with Gasteiger partial charge in [-0.1, -0.05) is 0 Å². The van der Waals surface area contributed by atoms with Crippen LogP contribution < -0.4 is 19.5 Å². The molecule has 1 aromatic carbocycles. The summed E-state index contributed by atoms with van der Waals surface area (Å²) in [5, 5.41) is 3.40. The summed E-state index contributed by atoms with van der Waals surface area (Å²) in [5.41, 5.74) is 1.99. The third kappa shape index (κ3) is 4.47. The minimum absolute atomic E-state index is 0.0725. The highest BCUT2D eigenvalue weighted by molar-refractivity contribution is 7.98. The number of methoxy groups -OCH3 is 2. The van der Waals surface area contributed by atoms with E-state index < -0.39 is 0 Å². The average molecular weight is 348 g/mol. The first-order chi connectivity index (χ1) is 11.6. The maximum Gasteiger partial charge on any atom is 0.237 e. The minimum atomic E-state index is 0.0725. The molecule has 5 nitrogen and oxygen atoms in total. The second-order valence-corrected chi connectivity index (χ2v) is 6.24. The topological polar surface area (TPSA) is 52.6 Å². The highest BCUT2D eigenvalue weighted by Gasteiger charge is 2.12. The fourth-order valence-electron chi connectivity index (χ4n) is 2.26. The fraction of sp³-hybridized carbons (Fsp3) is 0.389. The molecule has 0 unspecified atom stereocenters. The number of hydrogen-bond donors (Lipinski definition) is 1. The van der Waals surface area contributed by atoms with E-state index in [-0.39, 0.29) is 6.10 Å². The largest absolute Gasteiger partial charge is 0.493 e. The highest BCUT2D eigenvalue weighted by Crippen LogP contribution is 2.35. The Labute approximate surface area is 147 Å². The first kappa shape index (κ1) is 18.3. The number of ether oxygens (including phenoxy) is 3. The lowest BCUT2D eigenvalue weighted by molar-refractivity contribution is 0.234. The second kappa shape index (κ2) is 8.68. The van der Waals surface area contributed by atoms with E-state index in [1.807, 2.05) is 44.4 Å². The predicted molar refractivity (Wildman–Crippen MR) is 98.7 cm³/mol. The van der Waals surface area contributed by atoms with Crippen molar-refractivity contribution in [3.8, 4) is 17.4 Å². The Balaban J connectivity index is 2.23. The van der Waals surface area contributed by atoms with Crippen molar-refractivity contribution in [3.63, 3.8) is 0 Å². The van der Waals surface area contributed by atoms with Crippen LogP contribution in [0.4, 0.5) is 5.69 Å². The predicted octanol–water partition coefficient (Wildman–Crippen LogP) is 4.22. The van der Waals surface area contributed by atoms with Gasteiger partial charge in [0.15, 0.2) is 11.5 Å². The summed E-state index contributed by atoms with van der Waals surface area (Å²) in [6.07, 6.45) is 3.85. The van der Waals surface area contributed by atoms with Crippen LogP contribution in [-0.2, 0) is 6.54 Å². The van der Waals surface area contributed by atoms with E-state index in [4.69, 9.17) is 14.2 Å². The molecular formula is C18H24N2O3S. The Kier molecular flexibility index (Phi) is 6.61. The molecule has 0 bridgehead atoms. The number of rotatable bonds is 8. The van der Waals surface area contributed by atoms with Crippen LogP contribution >= 0.6 is 11.8 Å². The van der Waals surface area contributed by atoms with E-state index in [1.165, 1.54) is 0 Å². The van der Waals surface area contributed by atoms with E-state index in [9.17, 15) is 0 Å². The summed E-state index contributed by atoms with van der Waals surface area (Å²) in [5.74, 6) is 2.06. The number of hydrogen-bond acceptors (Lipinski definition) is 6. The van der Waals surface area contributed by atoms with Gasteiger partial charge in [-0.3, -0.25) is 0 Å². The van der Waals surface area contributed by atoms with Gasteiger partial charge < -0.3 is 19.5 Å². The molecule has 0 aliphatic carbocycles. The molecule has 0 aliphatic heterocycles. The molecule has 0 atom stereocenters. The molecule has 0 fully saturated rings. The summed E-state index contributed by atoms with van der Waals surface area (Å²) in [7, 11) is 3.29. The van der Waals surface area contributed by atoms with E-state index >= 15 is 0 Å². The Hall–Kier alpha value is -2.08. The molecule has 2 rings (SSSR count). The van der Waals surface area contributed by atoms with E-state index in [1.54, 1.807) is 32.2 Å². The summed E-state index contributed by atoms with van der Waals surface area (Å²) in [4.78, 5) is 5.43. The van der Waals surface area contributed by atoms with Gasteiger partial charge in [0.05, 0.1) is 26.0 Å². The first-order valence-electron chi connectivity index (χ1n) is 7.73. The van der Waals surface area contributed by atoms with Crippen LogP contribution in [0.25, 0.3) is 0 Å². The lowest BCUT2D eigenvalue weighted by atomic mass is 10.2. The van der Waals surface area contributed by atoms with Gasteiger partial charge in [0, 0.05) is 17.6 Å². The molecule has 2 aromatic rings. The van der Waals surface area contributed by atoms with Gasteiger partial charge in [-0.2, -0.15) is 0 Å². The smallest absolute Gasteiger partial charge is 0.237 e. The number of nitrogens with zero attached hydrogens (tertiary/aromatic N) is 1. The monoisotopic (exact) mass is 348 g/mol. The van der Waals surface area contributed by atoms with Gasteiger partial charge in [0.1, 0.15) is 0 Å². The average Bonchev–Trinajstić information content (AvgIpc) is 2.59. The molecule has 0 aliphatic rings. The third-order valence-electron chi connectivity index (χ3n) is 3.37. The number of pyridine rings is 1. The first-order valence-corrected chi connectivity index (χ1v) is 8.96. The number of thioether (sulfide) groups is 1. The summed E-state index contributed by atoms with van der Waals surface area (Å²) in [6, 6.07) is 7.84. The van der Waals surface area contributed by atoms with Crippen LogP contribution in [0, 0.1) is 0 Å². The molecule has 0 saturated carbocycles. The Morgan fingerprint density at radius 2 is 1.88 bits per heavy atom. The maximum atomic E-state index is 5.75. The van der Waals surface area contributed by atoms with Gasteiger partial charge in [-0.25, -0.2) is 4.98 Å². The molecule has 1 aromatic heterocycles. The molecule has 24 heavy (non-hydrogen) atoms. The molecule has 0 saturated heterocycles. The summed E-state index contributed by atoms with van der Waals surface area (Å²) < 4.78 is 16.5. The number of anilines is 1. The van der Waals surface area contributed by atoms with Crippen LogP contribution in [0.2, 0.25) is 0 Å². The van der Waals surface area contributed by atoms with Crippen LogP contribution in [0.3, 0.4) is 0 Å². The van der Waals surface area contributed by atoms with Crippen molar-refractivity contribution in [3.05, 3.63) is 36.0 Å². The fourth-order valence-corrected chi connectivity index (χ4v) is 2.88. The Morgan fingerprint density at radius 3 is 2.50 bits per heavy atom. The summed E-state index contributed by atoms with van der Waals surface area (Å²) >= 11 is 1.67. The van der Waals surface area contributed by atoms with Crippen molar-refractivity contribution in [2.24, 2.45) is 0 Å². The zero-order valence-corrected chi connectivity index (χ0v) is 15.6. The van der Waals surface area contributed by atoms with E-state index in [2.05, 4.69) is 10.3 Å². The molecule has 0 amide bonds. The van der Waals surface area contributed by atoms with Crippen LogP contribution in [0.5, 0.6) is 17.4 Å². The number of aromatic nitrogens is 1. The van der Waals surface area contributed by atoms with E-state index in [0.29, 0.717) is 12.4 Å². The number of nitrogens with one attached hydrogen (secondary N) is 1. The molecule has 1 heterocycles. The second-order valence-electron chi connectivity index (χ2n) is 5.40. The standard InChI is InChI=1S/C18H24N2O3S/c1-12(2)23-18-14(7-6-8-19-18)20-11-13-9-15(21-3)16(22-4)10-17(13)24-5/h6-10,12,20H,11H2,1-5H3. The minimum Gasteiger partial charge on any atom is -0.493 e. The van der Waals surface area contributed by atoms with Gasteiger partial charge in [0.25, 0.3) is 0 Å². The molecule has 6 heteroatoms. The molecule has 130 valence electrons.